The quantitative estimate of drug-likeness (QED) is 0.666. The van der Waals surface area contributed by atoms with Gasteiger partial charge in [-0.3, -0.25) is 0 Å². The van der Waals surface area contributed by atoms with Crippen molar-refractivity contribution in [3.05, 3.63) is 11.4 Å². The molecule has 0 bridgehead atoms. The van der Waals surface area contributed by atoms with Crippen molar-refractivity contribution in [3.63, 3.8) is 0 Å². The van der Waals surface area contributed by atoms with Crippen molar-refractivity contribution >= 4 is 17.6 Å². The molecule has 12 heavy (non-hydrogen) atoms. The summed E-state index contributed by atoms with van der Waals surface area (Å²) in [4.78, 5) is 8.70. The number of anilines is 1. The Morgan fingerprint density at radius 3 is 3.00 bits per heavy atom. The number of aromatic nitrogens is 2. The molecule has 0 aromatic carbocycles. The maximum atomic E-state index is 4.37. The summed E-state index contributed by atoms with van der Waals surface area (Å²) in [7, 11) is 1.91. The first-order chi connectivity index (χ1) is 5.81. The third-order valence-electron chi connectivity index (χ3n) is 1.91. The van der Waals surface area contributed by atoms with E-state index < -0.39 is 0 Å². The van der Waals surface area contributed by atoms with Crippen molar-refractivity contribution in [2.75, 3.05) is 18.1 Å². The SMILES string of the molecule is CNc1nc(C)nc2c1CCS2. The summed E-state index contributed by atoms with van der Waals surface area (Å²) in [5, 5.41) is 4.26. The second kappa shape index (κ2) is 2.94. The van der Waals surface area contributed by atoms with Gasteiger partial charge in [0.2, 0.25) is 0 Å². The van der Waals surface area contributed by atoms with Crippen molar-refractivity contribution in [1.29, 1.82) is 0 Å². The van der Waals surface area contributed by atoms with Crippen molar-refractivity contribution in [2.24, 2.45) is 0 Å². The lowest BCUT2D eigenvalue weighted by Crippen LogP contribution is -2.01. The van der Waals surface area contributed by atoms with Gasteiger partial charge in [0.15, 0.2) is 0 Å². The van der Waals surface area contributed by atoms with Gasteiger partial charge in [-0.05, 0) is 13.3 Å². The molecule has 0 atom stereocenters. The summed E-state index contributed by atoms with van der Waals surface area (Å²) in [5.74, 6) is 3.00. The number of rotatable bonds is 1. The second-order valence-corrected chi connectivity index (χ2v) is 3.84. The maximum absolute atomic E-state index is 4.37. The van der Waals surface area contributed by atoms with Crippen LogP contribution in [0.5, 0.6) is 0 Å². The monoisotopic (exact) mass is 181 g/mol. The fourth-order valence-corrected chi connectivity index (χ4v) is 2.44. The van der Waals surface area contributed by atoms with E-state index in [9.17, 15) is 0 Å². The Morgan fingerprint density at radius 1 is 1.42 bits per heavy atom. The standard InChI is InChI=1S/C8H11N3S/c1-5-10-7(9-2)6-3-4-12-8(6)11-5/h3-4H2,1-2H3,(H,9,10,11). The van der Waals surface area contributed by atoms with Gasteiger partial charge in [0, 0.05) is 18.4 Å². The molecule has 4 heteroatoms. The van der Waals surface area contributed by atoms with Crippen LogP contribution in [0.3, 0.4) is 0 Å². The summed E-state index contributed by atoms with van der Waals surface area (Å²) in [6.45, 7) is 1.93. The van der Waals surface area contributed by atoms with Crippen LogP contribution in [0.2, 0.25) is 0 Å². The largest absolute Gasteiger partial charge is 0.373 e. The van der Waals surface area contributed by atoms with E-state index in [0.717, 1.165) is 28.8 Å². The van der Waals surface area contributed by atoms with E-state index in [1.165, 1.54) is 5.56 Å². The van der Waals surface area contributed by atoms with Crippen molar-refractivity contribution in [1.82, 2.24) is 9.97 Å². The number of thioether (sulfide) groups is 1. The molecule has 2 rings (SSSR count). The van der Waals surface area contributed by atoms with Gasteiger partial charge in [-0.15, -0.1) is 11.8 Å². The zero-order valence-electron chi connectivity index (χ0n) is 7.22. The van der Waals surface area contributed by atoms with E-state index >= 15 is 0 Å². The summed E-state index contributed by atoms with van der Waals surface area (Å²) < 4.78 is 0. The van der Waals surface area contributed by atoms with E-state index in [1.807, 2.05) is 25.7 Å². The highest BCUT2D eigenvalue weighted by atomic mass is 32.2. The minimum atomic E-state index is 0.854. The van der Waals surface area contributed by atoms with E-state index in [2.05, 4.69) is 15.3 Å². The summed E-state index contributed by atoms with van der Waals surface area (Å²) in [5.41, 5.74) is 1.29. The van der Waals surface area contributed by atoms with Gasteiger partial charge in [0.25, 0.3) is 0 Å². The van der Waals surface area contributed by atoms with Gasteiger partial charge in [0.05, 0.1) is 0 Å². The fourth-order valence-electron chi connectivity index (χ4n) is 1.37. The number of nitrogens with zero attached hydrogens (tertiary/aromatic N) is 2. The van der Waals surface area contributed by atoms with Crippen LogP contribution in [0.15, 0.2) is 5.03 Å². The first-order valence-corrected chi connectivity index (χ1v) is 4.98. The highest BCUT2D eigenvalue weighted by Gasteiger charge is 2.17. The Morgan fingerprint density at radius 2 is 2.25 bits per heavy atom. The third kappa shape index (κ3) is 1.16. The zero-order valence-corrected chi connectivity index (χ0v) is 8.03. The molecule has 0 amide bonds. The Balaban J connectivity index is 2.55. The summed E-state index contributed by atoms with van der Waals surface area (Å²) >= 11 is 1.82. The molecule has 2 heterocycles. The van der Waals surface area contributed by atoms with Crippen LogP contribution in [-0.2, 0) is 6.42 Å². The zero-order chi connectivity index (χ0) is 8.55. The Bertz CT molecular complexity index is 311. The normalized spacial score (nSPS) is 14.5. The maximum Gasteiger partial charge on any atom is 0.133 e. The topological polar surface area (TPSA) is 37.8 Å². The third-order valence-corrected chi connectivity index (χ3v) is 2.93. The lowest BCUT2D eigenvalue weighted by atomic mass is 10.2. The van der Waals surface area contributed by atoms with Gasteiger partial charge in [0.1, 0.15) is 16.7 Å². The van der Waals surface area contributed by atoms with E-state index in [0.29, 0.717) is 0 Å². The smallest absolute Gasteiger partial charge is 0.133 e. The summed E-state index contributed by atoms with van der Waals surface area (Å²) in [6.07, 6.45) is 1.09. The first-order valence-electron chi connectivity index (χ1n) is 3.99. The molecule has 0 saturated carbocycles. The van der Waals surface area contributed by atoms with Gasteiger partial charge in [-0.1, -0.05) is 0 Å². The number of fused-ring (bicyclic) bond motifs is 1. The number of hydrogen-bond donors (Lipinski definition) is 1. The van der Waals surface area contributed by atoms with Crippen LogP contribution in [0.4, 0.5) is 5.82 Å². The lowest BCUT2D eigenvalue weighted by Gasteiger charge is -2.05. The molecule has 0 radical (unpaired) electrons. The Labute approximate surface area is 76.0 Å². The molecule has 1 aromatic heterocycles. The second-order valence-electron chi connectivity index (χ2n) is 2.75. The summed E-state index contributed by atoms with van der Waals surface area (Å²) in [6, 6.07) is 0. The van der Waals surface area contributed by atoms with Crippen LogP contribution < -0.4 is 5.32 Å². The van der Waals surface area contributed by atoms with E-state index in [4.69, 9.17) is 0 Å². The molecule has 64 valence electrons. The molecular weight excluding hydrogens is 170 g/mol. The van der Waals surface area contributed by atoms with Crippen LogP contribution in [0, 0.1) is 6.92 Å². The Hall–Kier alpha value is -0.770. The minimum Gasteiger partial charge on any atom is -0.373 e. The molecular formula is C8H11N3S. The molecule has 0 unspecified atom stereocenters. The van der Waals surface area contributed by atoms with E-state index in [1.54, 1.807) is 0 Å². The van der Waals surface area contributed by atoms with Gasteiger partial charge in [-0.25, -0.2) is 9.97 Å². The van der Waals surface area contributed by atoms with Gasteiger partial charge in [-0.2, -0.15) is 0 Å². The molecule has 1 aliphatic heterocycles. The van der Waals surface area contributed by atoms with Crippen molar-refractivity contribution in [3.8, 4) is 0 Å². The average molecular weight is 181 g/mol. The molecule has 1 aromatic rings. The van der Waals surface area contributed by atoms with Crippen molar-refractivity contribution in [2.45, 2.75) is 18.4 Å². The van der Waals surface area contributed by atoms with Crippen LogP contribution in [0.1, 0.15) is 11.4 Å². The number of nitrogens with one attached hydrogen (secondary N) is 1. The molecule has 0 aliphatic carbocycles. The molecule has 0 saturated heterocycles. The lowest BCUT2D eigenvalue weighted by molar-refractivity contribution is 0.930. The highest BCUT2D eigenvalue weighted by Crippen LogP contribution is 2.32. The molecule has 1 aliphatic rings. The predicted octanol–water partition coefficient (Wildman–Crippen LogP) is 1.47. The van der Waals surface area contributed by atoms with Crippen LogP contribution in [0.25, 0.3) is 0 Å². The first kappa shape index (κ1) is 7.86. The van der Waals surface area contributed by atoms with Crippen LogP contribution >= 0.6 is 11.8 Å². The molecule has 0 spiro atoms. The van der Waals surface area contributed by atoms with Crippen molar-refractivity contribution < 1.29 is 0 Å². The number of hydrogen-bond acceptors (Lipinski definition) is 4. The Kier molecular flexibility index (Phi) is 1.92. The molecule has 0 fully saturated rings. The van der Waals surface area contributed by atoms with E-state index in [-0.39, 0.29) is 0 Å². The number of aryl methyl sites for hydroxylation is 1. The molecule has 1 N–H and O–H groups in total. The molecule has 3 nitrogen and oxygen atoms in total. The van der Waals surface area contributed by atoms with Crippen LogP contribution in [-0.4, -0.2) is 22.8 Å². The van der Waals surface area contributed by atoms with Gasteiger partial charge >= 0.3 is 0 Å². The average Bonchev–Trinajstić information content (AvgIpc) is 2.50. The highest BCUT2D eigenvalue weighted by molar-refractivity contribution is 7.99. The predicted molar refractivity (Wildman–Crippen MR) is 50.7 cm³/mol. The fraction of sp³-hybridized carbons (Fsp3) is 0.500. The van der Waals surface area contributed by atoms with Gasteiger partial charge < -0.3 is 5.32 Å². The minimum absolute atomic E-state index is 0.854.